The summed E-state index contributed by atoms with van der Waals surface area (Å²) in [6, 6.07) is 0. The lowest BCUT2D eigenvalue weighted by Crippen LogP contribution is -2.00. The summed E-state index contributed by atoms with van der Waals surface area (Å²) in [5, 5.41) is 0. The van der Waals surface area contributed by atoms with Gasteiger partial charge in [0, 0.05) is 0 Å². The highest BCUT2D eigenvalue weighted by Gasteiger charge is 2.25. The Balaban J connectivity index is 2.03. The van der Waals surface area contributed by atoms with Crippen LogP contribution < -0.4 is 0 Å². The van der Waals surface area contributed by atoms with Crippen molar-refractivity contribution in [2.24, 2.45) is 11.8 Å². The summed E-state index contributed by atoms with van der Waals surface area (Å²) in [7, 11) is 0. The zero-order valence-corrected chi connectivity index (χ0v) is 7.74. The molecule has 0 heteroatoms. The minimum atomic E-state index is 0.819. The van der Waals surface area contributed by atoms with E-state index in [9.17, 15) is 0 Å². The molecule has 0 aromatic heterocycles. The average Bonchev–Trinajstić information content (AvgIpc) is 2.72. The summed E-state index contributed by atoms with van der Waals surface area (Å²) >= 11 is 0. The maximum absolute atomic E-state index is 2.48. The van der Waals surface area contributed by atoms with Crippen molar-refractivity contribution in [2.75, 3.05) is 0 Å². The second kappa shape index (κ2) is 2.73. The van der Waals surface area contributed by atoms with Crippen molar-refractivity contribution < 1.29 is 0 Å². The molecule has 1 fully saturated rings. The third-order valence-corrected chi connectivity index (χ3v) is 3.43. The maximum Gasteiger partial charge on any atom is -0.0161 e. The molecule has 0 aromatic rings. The Labute approximate surface area is 79.3 Å². The molecule has 0 radical (unpaired) electrons. The molecule has 0 amide bonds. The van der Waals surface area contributed by atoms with Crippen molar-refractivity contribution in [1.82, 2.24) is 0 Å². The molecule has 0 N–H and O–H groups in total. The molecule has 13 heavy (non-hydrogen) atoms. The molecule has 0 bridgehead atoms. The number of rotatable bonds is 0. The van der Waals surface area contributed by atoms with Crippen molar-refractivity contribution in [2.45, 2.75) is 19.3 Å². The summed E-state index contributed by atoms with van der Waals surface area (Å²) in [5.41, 5.74) is 2.86. The van der Waals surface area contributed by atoms with Crippen LogP contribution in [-0.4, -0.2) is 0 Å². The van der Waals surface area contributed by atoms with Crippen molar-refractivity contribution in [3.63, 3.8) is 0 Å². The lowest BCUT2D eigenvalue weighted by Gasteiger charge is -2.09. The number of hydrogen-bond donors (Lipinski definition) is 0. The van der Waals surface area contributed by atoms with E-state index in [-0.39, 0.29) is 0 Å². The zero-order chi connectivity index (χ0) is 8.67. The largest absolute Gasteiger partial charge is 0.0802 e. The molecule has 0 nitrogen and oxygen atoms in total. The van der Waals surface area contributed by atoms with E-state index in [4.69, 9.17) is 0 Å². The summed E-state index contributed by atoms with van der Waals surface area (Å²) in [4.78, 5) is 0. The van der Waals surface area contributed by atoms with Gasteiger partial charge in [0.15, 0.2) is 0 Å². The molecule has 2 unspecified atom stereocenters. The first kappa shape index (κ1) is 7.37. The van der Waals surface area contributed by atoms with Crippen LogP contribution in [0.3, 0.4) is 0 Å². The SMILES string of the molecule is C1=CC2=CC3CCCC3C=CC2=C1. The van der Waals surface area contributed by atoms with E-state index in [2.05, 4.69) is 36.5 Å². The van der Waals surface area contributed by atoms with Gasteiger partial charge in [0.25, 0.3) is 0 Å². The second-order valence-corrected chi connectivity index (χ2v) is 4.22. The van der Waals surface area contributed by atoms with E-state index >= 15 is 0 Å². The third-order valence-electron chi connectivity index (χ3n) is 3.43. The second-order valence-electron chi connectivity index (χ2n) is 4.22. The lowest BCUT2D eigenvalue weighted by atomic mass is 9.95. The van der Waals surface area contributed by atoms with Crippen molar-refractivity contribution in [3.05, 3.63) is 47.6 Å². The van der Waals surface area contributed by atoms with Gasteiger partial charge in [-0.2, -0.15) is 0 Å². The molecule has 0 aromatic carbocycles. The number of fused-ring (bicyclic) bond motifs is 2. The smallest absolute Gasteiger partial charge is 0.0161 e. The Morgan fingerprint density at radius 1 is 1.00 bits per heavy atom. The standard InChI is InChI=1S/C13H14/c1-3-10-7-8-11-4-2-6-13(11)9-12(10)5-1/h1,3,5,7-9,11,13H,2,4,6H2. The topological polar surface area (TPSA) is 0 Å². The Morgan fingerprint density at radius 3 is 2.92 bits per heavy atom. The minimum absolute atomic E-state index is 0.819. The molecule has 0 spiro atoms. The van der Waals surface area contributed by atoms with E-state index in [0.717, 1.165) is 11.8 Å². The van der Waals surface area contributed by atoms with Crippen LogP contribution in [0.25, 0.3) is 0 Å². The van der Waals surface area contributed by atoms with Gasteiger partial charge < -0.3 is 0 Å². The van der Waals surface area contributed by atoms with Crippen molar-refractivity contribution in [1.29, 1.82) is 0 Å². The van der Waals surface area contributed by atoms with E-state index in [1.54, 1.807) is 0 Å². The molecule has 3 aliphatic carbocycles. The Kier molecular flexibility index (Phi) is 1.55. The first-order valence-electron chi connectivity index (χ1n) is 5.22. The Bertz CT molecular complexity index is 339. The third kappa shape index (κ3) is 1.13. The monoisotopic (exact) mass is 170 g/mol. The predicted molar refractivity (Wildman–Crippen MR) is 55.3 cm³/mol. The minimum Gasteiger partial charge on any atom is -0.0802 e. The normalized spacial score (nSPS) is 35.1. The quantitative estimate of drug-likeness (QED) is 0.522. The molecule has 3 aliphatic rings. The van der Waals surface area contributed by atoms with Gasteiger partial charge in [0.1, 0.15) is 0 Å². The van der Waals surface area contributed by atoms with E-state index in [1.807, 2.05) is 0 Å². The van der Waals surface area contributed by atoms with Gasteiger partial charge in [0.05, 0.1) is 0 Å². The fourth-order valence-corrected chi connectivity index (χ4v) is 2.67. The summed E-state index contributed by atoms with van der Waals surface area (Å²) in [5.74, 6) is 1.65. The van der Waals surface area contributed by atoms with Gasteiger partial charge in [-0.05, 0) is 35.8 Å². The van der Waals surface area contributed by atoms with Crippen molar-refractivity contribution >= 4 is 0 Å². The molecule has 3 rings (SSSR count). The predicted octanol–water partition coefficient (Wildman–Crippen LogP) is 3.40. The summed E-state index contributed by atoms with van der Waals surface area (Å²) in [6.07, 6.45) is 18.0. The fourth-order valence-electron chi connectivity index (χ4n) is 2.67. The van der Waals surface area contributed by atoms with Gasteiger partial charge >= 0.3 is 0 Å². The zero-order valence-electron chi connectivity index (χ0n) is 7.74. The van der Waals surface area contributed by atoms with Gasteiger partial charge in [-0.25, -0.2) is 0 Å². The Hall–Kier alpha value is -1.04. The highest BCUT2D eigenvalue weighted by Crippen LogP contribution is 2.38. The fraction of sp³-hybridized carbons (Fsp3) is 0.385. The maximum atomic E-state index is 2.48. The number of hydrogen-bond acceptors (Lipinski definition) is 0. The van der Waals surface area contributed by atoms with Gasteiger partial charge in [-0.1, -0.05) is 42.9 Å². The molecule has 1 saturated carbocycles. The van der Waals surface area contributed by atoms with Gasteiger partial charge in [-0.15, -0.1) is 0 Å². The first-order valence-corrected chi connectivity index (χ1v) is 5.22. The molecule has 0 saturated heterocycles. The van der Waals surface area contributed by atoms with Gasteiger partial charge in [0.2, 0.25) is 0 Å². The Morgan fingerprint density at radius 2 is 1.92 bits per heavy atom. The van der Waals surface area contributed by atoms with Crippen LogP contribution in [0, 0.1) is 11.8 Å². The highest BCUT2D eigenvalue weighted by molar-refractivity contribution is 5.55. The van der Waals surface area contributed by atoms with Crippen LogP contribution in [-0.2, 0) is 0 Å². The average molecular weight is 170 g/mol. The van der Waals surface area contributed by atoms with E-state index < -0.39 is 0 Å². The molecule has 0 heterocycles. The van der Waals surface area contributed by atoms with Crippen LogP contribution in [0.2, 0.25) is 0 Å². The lowest BCUT2D eigenvalue weighted by molar-refractivity contribution is 0.559. The van der Waals surface area contributed by atoms with Crippen LogP contribution in [0.1, 0.15) is 19.3 Å². The van der Waals surface area contributed by atoms with Crippen molar-refractivity contribution in [3.8, 4) is 0 Å². The van der Waals surface area contributed by atoms with Gasteiger partial charge in [-0.3, -0.25) is 0 Å². The molecular weight excluding hydrogens is 156 g/mol. The molecule has 0 aliphatic heterocycles. The van der Waals surface area contributed by atoms with E-state index in [1.165, 1.54) is 30.4 Å². The molecule has 2 atom stereocenters. The van der Waals surface area contributed by atoms with Crippen LogP contribution in [0.4, 0.5) is 0 Å². The van der Waals surface area contributed by atoms with Crippen LogP contribution in [0.5, 0.6) is 0 Å². The molecule has 66 valence electrons. The molecular formula is C13H14. The van der Waals surface area contributed by atoms with E-state index in [0.29, 0.717) is 0 Å². The van der Waals surface area contributed by atoms with Crippen LogP contribution in [0.15, 0.2) is 47.6 Å². The number of allylic oxidation sites excluding steroid dienone is 8. The summed E-state index contributed by atoms with van der Waals surface area (Å²) in [6.45, 7) is 0. The first-order chi connectivity index (χ1) is 6.43. The van der Waals surface area contributed by atoms with Crippen LogP contribution >= 0.6 is 0 Å². The summed E-state index contributed by atoms with van der Waals surface area (Å²) < 4.78 is 0. The highest BCUT2D eigenvalue weighted by atomic mass is 14.3.